The summed E-state index contributed by atoms with van der Waals surface area (Å²) in [6, 6.07) is 7.14. The predicted octanol–water partition coefficient (Wildman–Crippen LogP) is 3.60. The quantitative estimate of drug-likeness (QED) is 0.725. The number of benzene rings is 1. The largest absolute Gasteiger partial charge is 0.501 e. The Hall–Kier alpha value is -3.00. The van der Waals surface area contributed by atoms with Crippen molar-refractivity contribution in [3.63, 3.8) is 0 Å². The molecule has 1 aromatic carbocycles. The Morgan fingerprint density at radius 2 is 1.97 bits per heavy atom. The van der Waals surface area contributed by atoms with Gasteiger partial charge in [-0.1, -0.05) is 35.9 Å². The molecule has 1 aromatic heterocycles. The fourth-order valence-corrected chi connectivity index (χ4v) is 6.24. The number of aromatic nitrogens is 2. The second-order valence-corrected chi connectivity index (χ2v) is 9.72. The van der Waals surface area contributed by atoms with Crippen molar-refractivity contribution in [2.45, 2.75) is 49.6 Å². The van der Waals surface area contributed by atoms with Crippen molar-refractivity contribution in [3.05, 3.63) is 69.2 Å². The molecule has 1 aliphatic carbocycles. The average Bonchev–Trinajstić information content (AvgIpc) is 2.94. The molecular formula is C24H25N3O4S. The third-order valence-corrected chi connectivity index (χ3v) is 7.73. The maximum absolute atomic E-state index is 13.2. The fourth-order valence-electron chi connectivity index (χ4n) is 5.11. The molecule has 3 heterocycles. The average molecular weight is 452 g/mol. The van der Waals surface area contributed by atoms with E-state index in [0.717, 1.165) is 29.1 Å². The first-order chi connectivity index (χ1) is 15.4. The topological polar surface area (TPSA) is 95.7 Å². The number of thioether (sulfide) groups is 1. The van der Waals surface area contributed by atoms with Crippen LogP contribution in [0.15, 0.2) is 57.3 Å². The lowest BCUT2D eigenvalue weighted by atomic mass is 9.78. The maximum Gasteiger partial charge on any atom is 0.318 e. The smallest absolute Gasteiger partial charge is 0.318 e. The van der Waals surface area contributed by atoms with E-state index in [9.17, 15) is 19.8 Å². The molecule has 166 valence electrons. The number of hydrogen-bond acceptors (Lipinski definition) is 6. The van der Waals surface area contributed by atoms with Crippen LogP contribution in [0.25, 0.3) is 0 Å². The van der Waals surface area contributed by atoms with Gasteiger partial charge < -0.3 is 15.1 Å². The van der Waals surface area contributed by atoms with E-state index >= 15 is 0 Å². The van der Waals surface area contributed by atoms with Crippen molar-refractivity contribution in [3.8, 4) is 11.8 Å². The van der Waals surface area contributed by atoms with Crippen molar-refractivity contribution in [1.82, 2.24) is 14.5 Å². The fraction of sp³-hybridized carbons (Fsp3) is 0.375. The van der Waals surface area contributed by atoms with Crippen LogP contribution in [0.2, 0.25) is 0 Å². The van der Waals surface area contributed by atoms with Crippen molar-refractivity contribution in [2.75, 3.05) is 12.3 Å². The van der Waals surface area contributed by atoms with Crippen molar-refractivity contribution < 1.29 is 15.0 Å². The van der Waals surface area contributed by atoms with Gasteiger partial charge in [0.25, 0.3) is 11.9 Å². The molecule has 32 heavy (non-hydrogen) atoms. The van der Waals surface area contributed by atoms with Crippen LogP contribution in [-0.4, -0.2) is 48.9 Å². The Labute approximate surface area is 190 Å². The third kappa shape index (κ3) is 3.16. The molecule has 2 aromatic rings. The van der Waals surface area contributed by atoms with E-state index in [1.54, 1.807) is 16.7 Å². The first-order valence-electron chi connectivity index (χ1n) is 10.8. The highest BCUT2D eigenvalue weighted by atomic mass is 32.2. The van der Waals surface area contributed by atoms with E-state index in [1.165, 1.54) is 15.7 Å². The van der Waals surface area contributed by atoms with E-state index < -0.39 is 29.3 Å². The highest BCUT2D eigenvalue weighted by molar-refractivity contribution is 7.99. The van der Waals surface area contributed by atoms with Gasteiger partial charge in [0, 0.05) is 29.2 Å². The summed E-state index contributed by atoms with van der Waals surface area (Å²) < 4.78 is 1.39. The summed E-state index contributed by atoms with van der Waals surface area (Å²) >= 11 is 1.79. The molecule has 0 spiro atoms. The number of carbonyl (C=O) groups excluding carboxylic acids is 1. The molecule has 2 unspecified atom stereocenters. The number of amides is 1. The summed E-state index contributed by atoms with van der Waals surface area (Å²) in [7, 11) is 0. The summed E-state index contributed by atoms with van der Waals surface area (Å²) in [5.41, 5.74) is 2.48. The Bertz CT molecular complexity index is 1230. The third-order valence-electron chi connectivity index (χ3n) is 6.60. The van der Waals surface area contributed by atoms with Crippen molar-refractivity contribution in [1.29, 1.82) is 0 Å². The summed E-state index contributed by atoms with van der Waals surface area (Å²) in [6.45, 7) is 4.16. The lowest BCUT2D eigenvalue weighted by Gasteiger charge is -2.42. The molecule has 3 aliphatic rings. The molecule has 7 nitrogen and oxygen atoms in total. The number of rotatable bonds is 2. The molecule has 8 heteroatoms. The Balaban J connectivity index is 1.80. The molecule has 1 amide bonds. The Kier molecular flexibility index (Phi) is 5.12. The van der Waals surface area contributed by atoms with Crippen LogP contribution >= 0.6 is 11.8 Å². The molecule has 0 fully saturated rings. The molecule has 0 radical (unpaired) electrons. The number of allylic oxidation sites excluding steroid dienone is 3. The predicted molar refractivity (Wildman–Crippen MR) is 122 cm³/mol. The maximum atomic E-state index is 13.2. The SMILES string of the molecule is CC(C)N1CC(C2C3=C(C=CCC3)CSc3ccccc32)n2c(O)nc(=O)c(O)c2C1=O. The minimum atomic E-state index is -0.996. The minimum Gasteiger partial charge on any atom is -0.501 e. The molecule has 5 rings (SSSR count). The zero-order chi connectivity index (χ0) is 22.6. The highest BCUT2D eigenvalue weighted by Crippen LogP contribution is 2.50. The van der Waals surface area contributed by atoms with Gasteiger partial charge in [-0.3, -0.25) is 14.2 Å². The van der Waals surface area contributed by atoms with Gasteiger partial charge in [-0.25, -0.2) is 0 Å². The summed E-state index contributed by atoms with van der Waals surface area (Å²) in [5.74, 6) is -0.468. The standard InChI is InChI=1S/C24H25N3O4S/c1-13(2)26-11-17(27-20(23(26)30)21(28)22(29)25-24(27)31)19-15-8-4-3-7-14(15)12-32-18-10-6-5-9-16(18)19/h3,5-7,9-10,13,17,19,28H,4,8,11-12H2,1-2H3,(H,25,29,31). The molecule has 2 aliphatic heterocycles. The summed E-state index contributed by atoms with van der Waals surface area (Å²) in [5, 5.41) is 21.3. The van der Waals surface area contributed by atoms with E-state index in [4.69, 9.17) is 0 Å². The van der Waals surface area contributed by atoms with Crippen molar-refractivity contribution >= 4 is 17.7 Å². The van der Waals surface area contributed by atoms with Gasteiger partial charge in [0.05, 0.1) is 6.04 Å². The molecule has 0 saturated carbocycles. The van der Waals surface area contributed by atoms with Gasteiger partial charge in [0.1, 0.15) is 0 Å². The van der Waals surface area contributed by atoms with Gasteiger partial charge >= 0.3 is 5.56 Å². The van der Waals surface area contributed by atoms with Gasteiger partial charge in [0.2, 0.25) is 5.75 Å². The Morgan fingerprint density at radius 3 is 2.75 bits per heavy atom. The summed E-state index contributed by atoms with van der Waals surface area (Å²) in [4.78, 5) is 31.9. The van der Waals surface area contributed by atoms with Gasteiger partial charge in [0.15, 0.2) is 5.69 Å². The van der Waals surface area contributed by atoms with Crippen LogP contribution in [0, 0.1) is 0 Å². The number of aromatic hydroxyl groups is 2. The van der Waals surface area contributed by atoms with E-state index in [-0.39, 0.29) is 17.7 Å². The minimum absolute atomic E-state index is 0.135. The van der Waals surface area contributed by atoms with Crippen molar-refractivity contribution in [2.24, 2.45) is 0 Å². The molecule has 0 bridgehead atoms. The molecular weight excluding hydrogens is 426 g/mol. The number of fused-ring (bicyclic) bond motifs is 2. The first-order valence-corrected chi connectivity index (χ1v) is 11.8. The second-order valence-electron chi connectivity index (χ2n) is 8.70. The van der Waals surface area contributed by atoms with E-state index in [1.807, 2.05) is 26.0 Å². The highest BCUT2D eigenvalue weighted by Gasteiger charge is 2.43. The number of carbonyl (C=O) groups is 1. The second kappa shape index (κ2) is 7.85. The van der Waals surface area contributed by atoms with Crippen LogP contribution in [0.3, 0.4) is 0 Å². The van der Waals surface area contributed by atoms with Gasteiger partial charge in [-0.2, -0.15) is 4.98 Å². The van der Waals surface area contributed by atoms with Crippen LogP contribution in [-0.2, 0) is 0 Å². The monoisotopic (exact) mass is 451 g/mol. The Morgan fingerprint density at radius 1 is 1.19 bits per heavy atom. The van der Waals surface area contributed by atoms with Crippen LogP contribution < -0.4 is 5.56 Å². The zero-order valence-electron chi connectivity index (χ0n) is 18.0. The first kappa shape index (κ1) is 20.9. The zero-order valence-corrected chi connectivity index (χ0v) is 18.8. The molecule has 2 N–H and O–H groups in total. The lowest BCUT2D eigenvalue weighted by molar-refractivity contribution is 0.0570. The van der Waals surface area contributed by atoms with Crippen LogP contribution in [0.1, 0.15) is 54.7 Å². The van der Waals surface area contributed by atoms with Crippen LogP contribution in [0.5, 0.6) is 11.8 Å². The number of hydrogen-bond donors (Lipinski definition) is 2. The lowest BCUT2D eigenvalue weighted by Crippen LogP contribution is -2.49. The van der Waals surface area contributed by atoms with Gasteiger partial charge in [-0.15, -0.1) is 11.8 Å². The molecule has 2 atom stereocenters. The van der Waals surface area contributed by atoms with E-state index in [0.29, 0.717) is 6.54 Å². The summed E-state index contributed by atoms with van der Waals surface area (Å²) in [6.07, 6.45) is 6.18. The molecule has 0 saturated heterocycles. The normalized spacial score (nSPS) is 22.5. The van der Waals surface area contributed by atoms with Gasteiger partial charge in [-0.05, 0) is 43.9 Å². The number of nitrogens with zero attached hydrogens (tertiary/aromatic N) is 3. The van der Waals surface area contributed by atoms with E-state index in [2.05, 4.69) is 29.3 Å². The van der Waals surface area contributed by atoms with Crippen LogP contribution in [0.4, 0.5) is 0 Å².